The normalized spacial score (nSPS) is 14.8. The van der Waals surface area contributed by atoms with Gasteiger partial charge in [-0.15, -0.1) is 0 Å². The molecule has 3 aromatic rings. The maximum atomic E-state index is 13.3. The van der Waals surface area contributed by atoms with Crippen LogP contribution in [0.2, 0.25) is 0 Å². The van der Waals surface area contributed by atoms with E-state index in [2.05, 4.69) is 10.5 Å². The molecule has 1 aliphatic heterocycles. The van der Waals surface area contributed by atoms with Gasteiger partial charge in [0.25, 0.3) is 0 Å². The van der Waals surface area contributed by atoms with Crippen LogP contribution >= 0.6 is 0 Å². The molecule has 1 amide bonds. The van der Waals surface area contributed by atoms with Crippen LogP contribution in [0, 0.1) is 13.8 Å². The van der Waals surface area contributed by atoms with E-state index in [4.69, 9.17) is 9.26 Å². The summed E-state index contributed by atoms with van der Waals surface area (Å²) in [6.07, 6.45) is -4.63. The summed E-state index contributed by atoms with van der Waals surface area (Å²) < 4.78 is 50.5. The summed E-state index contributed by atoms with van der Waals surface area (Å²) in [4.78, 5) is 14.7. The average Bonchev–Trinajstić information content (AvgIpc) is 3.10. The molecule has 2 heterocycles. The van der Waals surface area contributed by atoms with E-state index in [1.54, 1.807) is 0 Å². The van der Waals surface area contributed by atoms with Gasteiger partial charge in [-0.3, -0.25) is 4.79 Å². The Morgan fingerprint density at radius 3 is 2.61 bits per heavy atom. The summed E-state index contributed by atoms with van der Waals surface area (Å²) in [7, 11) is 0. The van der Waals surface area contributed by atoms with Gasteiger partial charge in [-0.1, -0.05) is 11.2 Å². The molecular weight excluding hydrogens is 411 g/mol. The van der Waals surface area contributed by atoms with Crippen molar-refractivity contribution in [2.75, 3.05) is 36.5 Å². The van der Waals surface area contributed by atoms with Gasteiger partial charge in [0.1, 0.15) is 5.69 Å². The summed E-state index contributed by atoms with van der Waals surface area (Å²) in [5.74, 6) is -0.469. The number of fused-ring (bicyclic) bond motifs is 1. The predicted molar refractivity (Wildman–Crippen MR) is 110 cm³/mol. The van der Waals surface area contributed by atoms with Crippen LogP contribution in [0.1, 0.15) is 22.4 Å². The number of aryl methyl sites for hydroxylation is 2. The van der Waals surface area contributed by atoms with Crippen molar-refractivity contribution < 1.29 is 27.2 Å². The molecule has 0 bridgehead atoms. The van der Waals surface area contributed by atoms with Crippen LogP contribution in [0.15, 0.2) is 34.9 Å². The van der Waals surface area contributed by atoms with Crippen LogP contribution in [0.4, 0.5) is 24.5 Å². The molecule has 6 nitrogen and oxygen atoms in total. The Kier molecular flexibility index (Phi) is 5.62. The van der Waals surface area contributed by atoms with Gasteiger partial charge >= 0.3 is 6.18 Å². The van der Waals surface area contributed by atoms with Crippen molar-refractivity contribution in [3.05, 3.63) is 52.7 Å². The van der Waals surface area contributed by atoms with Gasteiger partial charge < -0.3 is 19.5 Å². The SMILES string of the molecule is Cc1cc(C)c2c(CC(=O)Nc3cc(C(F)(F)F)ccc3N3CCOCC3)noc2c1. The summed E-state index contributed by atoms with van der Waals surface area (Å²) in [5, 5.41) is 7.40. The van der Waals surface area contributed by atoms with Gasteiger partial charge in [0, 0.05) is 18.5 Å². The fourth-order valence-corrected chi connectivity index (χ4v) is 3.88. The van der Waals surface area contributed by atoms with Gasteiger partial charge in [-0.2, -0.15) is 13.2 Å². The lowest BCUT2D eigenvalue weighted by Gasteiger charge is -2.31. The van der Waals surface area contributed by atoms with E-state index in [-0.39, 0.29) is 12.1 Å². The maximum Gasteiger partial charge on any atom is 0.416 e. The highest BCUT2D eigenvalue weighted by Crippen LogP contribution is 2.36. The Balaban J connectivity index is 1.62. The van der Waals surface area contributed by atoms with Gasteiger partial charge in [0.2, 0.25) is 5.91 Å². The molecule has 31 heavy (non-hydrogen) atoms. The smallest absolute Gasteiger partial charge is 0.378 e. The number of anilines is 2. The molecule has 1 saturated heterocycles. The molecule has 1 fully saturated rings. The van der Waals surface area contributed by atoms with Crippen molar-refractivity contribution in [1.82, 2.24) is 5.16 Å². The summed E-state index contributed by atoms with van der Waals surface area (Å²) in [6.45, 7) is 5.83. The van der Waals surface area contributed by atoms with Crippen molar-refractivity contribution in [2.24, 2.45) is 0 Å². The first-order valence-corrected chi connectivity index (χ1v) is 9.91. The number of amides is 1. The second-order valence-electron chi connectivity index (χ2n) is 7.64. The van der Waals surface area contributed by atoms with Gasteiger partial charge in [0.05, 0.1) is 36.6 Å². The monoisotopic (exact) mass is 433 g/mol. The van der Waals surface area contributed by atoms with Crippen LogP contribution in [-0.4, -0.2) is 37.4 Å². The number of benzene rings is 2. The zero-order valence-corrected chi connectivity index (χ0v) is 17.2. The number of alkyl halides is 3. The highest BCUT2D eigenvalue weighted by Gasteiger charge is 2.32. The van der Waals surface area contributed by atoms with Crippen molar-refractivity contribution in [1.29, 1.82) is 0 Å². The molecule has 4 rings (SSSR count). The molecule has 0 aliphatic carbocycles. The minimum atomic E-state index is -4.51. The van der Waals surface area contributed by atoms with E-state index >= 15 is 0 Å². The Morgan fingerprint density at radius 2 is 1.90 bits per heavy atom. The highest BCUT2D eigenvalue weighted by molar-refractivity contribution is 5.98. The van der Waals surface area contributed by atoms with E-state index in [0.717, 1.165) is 28.6 Å². The molecule has 1 aromatic heterocycles. The first-order valence-electron chi connectivity index (χ1n) is 9.91. The number of carbonyl (C=O) groups excluding carboxylic acids is 1. The predicted octanol–water partition coefficient (Wildman–Crippen LogP) is 4.48. The van der Waals surface area contributed by atoms with Crippen LogP contribution in [0.25, 0.3) is 11.0 Å². The number of halogens is 3. The summed E-state index contributed by atoms with van der Waals surface area (Å²) in [5.41, 5.74) is 2.78. The van der Waals surface area contributed by atoms with E-state index in [0.29, 0.717) is 43.3 Å². The third kappa shape index (κ3) is 4.51. The van der Waals surface area contributed by atoms with E-state index in [1.165, 1.54) is 6.07 Å². The number of hydrogen-bond acceptors (Lipinski definition) is 5. The second kappa shape index (κ2) is 8.22. The lowest BCUT2D eigenvalue weighted by atomic mass is 10.0. The van der Waals surface area contributed by atoms with Gasteiger partial charge in [-0.05, 0) is 49.2 Å². The Morgan fingerprint density at radius 1 is 1.16 bits per heavy atom. The van der Waals surface area contributed by atoms with Crippen LogP contribution in [0.5, 0.6) is 0 Å². The Hall–Kier alpha value is -3.07. The fourth-order valence-electron chi connectivity index (χ4n) is 3.88. The molecule has 0 radical (unpaired) electrons. The summed E-state index contributed by atoms with van der Waals surface area (Å²) in [6, 6.07) is 7.18. The molecule has 0 atom stereocenters. The Labute approximate surface area is 176 Å². The molecule has 0 spiro atoms. The summed E-state index contributed by atoms with van der Waals surface area (Å²) >= 11 is 0. The largest absolute Gasteiger partial charge is 0.416 e. The number of nitrogens with zero attached hydrogens (tertiary/aromatic N) is 2. The number of ether oxygens (including phenoxy) is 1. The number of carbonyl (C=O) groups is 1. The van der Waals surface area contributed by atoms with Crippen LogP contribution < -0.4 is 10.2 Å². The first-order chi connectivity index (χ1) is 14.7. The van der Waals surface area contributed by atoms with E-state index < -0.39 is 17.6 Å². The van der Waals surface area contributed by atoms with Crippen molar-refractivity contribution in [3.63, 3.8) is 0 Å². The first kappa shape index (κ1) is 21.2. The van der Waals surface area contributed by atoms with Gasteiger partial charge in [-0.25, -0.2) is 0 Å². The number of hydrogen-bond donors (Lipinski definition) is 1. The van der Waals surface area contributed by atoms with Crippen LogP contribution in [-0.2, 0) is 22.1 Å². The molecule has 9 heteroatoms. The number of rotatable bonds is 4. The fraction of sp³-hybridized carbons (Fsp3) is 0.364. The molecule has 2 aromatic carbocycles. The zero-order valence-electron chi connectivity index (χ0n) is 17.2. The molecule has 0 saturated carbocycles. The maximum absolute atomic E-state index is 13.3. The molecular formula is C22H22F3N3O3. The molecule has 1 aliphatic rings. The standard InChI is InChI=1S/C22H22F3N3O3/c1-13-9-14(2)21-17(27-31-19(21)10-13)12-20(29)26-16-11-15(22(23,24)25)3-4-18(16)28-5-7-30-8-6-28/h3-4,9-11H,5-8,12H2,1-2H3,(H,26,29). The van der Waals surface area contributed by atoms with Gasteiger partial charge in [0.15, 0.2) is 5.58 Å². The number of nitrogens with one attached hydrogen (secondary N) is 1. The lowest BCUT2D eigenvalue weighted by molar-refractivity contribution is -0.137. The third-order valence-electron chi connectivity index (χ3n) is 5.26. The second-order valence-corrected chi connectivity index (χ2v) is 7.64. The minimum Gasteiger partial charge on any atom is -0.378 e. The van der Waals surface area contributed by atoms with Crippen molar-refractivity contribution in [3.8, 4) is 0 Å². The topological polar surface area (TPSA) is 67.6 Å². The van der Waals surface area contributed by atoms with Crippen molar-refractivity contribution >= 4 is 28.3 Å². The number of aromatic nitrogens is 1. The van der Waals surface area contributed by atoms with Crippen molar-refractivity contribution in [2.45, 2.75) is 26.4 Å². The van der Waals surface area contributed by atoms with E-state index in [9.17, 15) is 18.0 Å². The zero-order chi connectivity index (χ0) is 22.2. The third-order valence-corrected chi connectivity index (χ3v) is 5.26. The lowest BCUT2D eigenvalue weighted by Crippen LogP contribution is -2.37. The molecule has 1 N–H and O–H groups in total. The quantitative estimate of drug-likeness (QED) is 0.657. The molecule has 0 unspecified atom stereocenters. The van der Waals surface area contributed by atoms with Crippen LogP contribution in [0.3, 0.4) is 0 Å². The number of morpholine rings is 1. The minimum absolute atomic E-state index is 0.113. The highest BCUT2D eigenvalue weighted by atomic mass is 19.4. The molecule has 164 valence electrons. The average molecular weight is 433 g/mol. The van der Waals surface area contributed by atoms with E-state index in [1.807, 2.05) is 30.9 Å². The Bertz CT molecular complexity index is 1120.